The molecule has 4 nitrogen and oxygen atoms in total. The summed E-state index contributed by atoms with van der Waals surface area (Å²) in [5.41, 5.74) is 2.28. The summed E-state index contributed by atoms with van der Waals surface area (Å²) in [6.07, 6.45) is 2.74. The van der Waals surface area contributed by atoms with Crippen LogP contribution in [0.3, 0.4) is 0 Å². The minimum Gasteiger partial charge on any atom is -0.369 e. The number of nitrogens with zero attached hydrogens (tertiary/aromatic N) is 2. The van der Waals surface area contributed by atoms with E-state index in [-0.39, 0.29) is 0 Å². The van der Waals surface area contributed by atoms with Gasteiger partial charge in [-0.1, -0.05) is 23.7 Å². The van der Waals surface area contributed by atoms with Crippen molar-refractivity contribution in [2.75, 3.05) is 24.2 Å². The van der Waals surface area contributed by atoms with Crippen LogP contribution in [0.25, 0.3) is 0 Å². The molecule has 2 aromatic rings. The highest BCUT2D eigenvalue weighted by atomic mass is 35.5. The topological polar surface area (TPSA) is 49.8 Å². The zero-order chi connectivity index (χ0) is 13.7. The lowest BCUT2D eigenvalue weighted by molar-refractivity contribution is 0.992. The summed E-state index contributed by atoms with van der Waals surface area (Å²) in [5, 5.41) is 7.02. The van der Waals surface area contributed by atoms with Crippen molar-refractivity contribution >= 4 is 23.4 Å². The molecule has 0 fully saturated rings. The highest BCUT2D eigenvalue weighted by molar-refractivity contribution is 6.30. The van der Waals surface area contributed by atoms with Crippen LogP contribution in [0, 0.1) is 6.92 Å². The van der Waals surface area contributed by atoms with Crippen molar-refractivity contribution in [2.24, 2.45) is 0 Å². The Morgan fingerprint density at radius 2 is 1.95 bits per heavy atom. The summed E-state index contributed by atoms with van der Waals surface area (Å²) < 4.78 is 0. The number of nitrogens with one attached hydrogen (secondary N) is 2. The molecule has 5 heteroatoms. The molecule has 100 valence electrons. The molecule has 1 aromatic carbocycles. The molecule has 0 saturated heterocycles. The molecule has 0 bridgehead atoms. The average molecular weight is 277 g/mol. The van der Waals surface area contributed by atoms with Gasteiger partial charge in [0.15, 0.2) is 0 Å². The molecule has 2 N–H and O–H groups in total. The Morgan fingerprint density at radius 1 is 1.21 bits per heavy atom. The smallest absolute Gasteiger partial charge is 0.224 e. The van der Waals surface area contributed by atoms with Crippen molar-refractivity contribution in [1.29, 1.82) is 0 Å². The molecule has 19 heavy (non-hydrogen) atoms. The fourth-order valence-electron chi connectivity index (χ4n) is 1.72. The number of anilines is 2. The van der Waals surface area contributed by atoms with Gasteiger partial charge in [-0.15, -0.1) is 0 Å². The van der Waals surface area contributed by atoms with E-state index in [1.807, 2.05) is 44.4 Å². The van der Waals surface area contributed by atoms with Crippen LogP contribution in [-0.4, -0.2) is 23.6 Å². The molecular formula is C14H17ClN4. The van der Waals surface area contributed by atoms with E-state index >= 15 is 0 Å². The summed E-state index contributed by atoms with van der Waals surface area (Å²) in [6, 6.07) is 7.89. The standard InChI is InChI=1S/C14H17ClN4/c1-10-9-18-14(16-2)19-13(10)17-8-7-11-3-5-12(15)6-4-11/h3-6,9H,7-8H2,1-2H3,(H2,16,17,18,19). The van der Waals surface area contributed by atoms with Crippen molar-refractivity contribution in [1.82, 2.24) is 9.97 Å². The Kier molecular flexibility index (Phi) is 4.58. The van der Waals surface area contributed by atoms with Crippen LogP contribution in [0.2, 0.25) is 5.02 Å². The quantitative estimate of drug-likeness (QED) is 0.881. The van der Waals surface area contributed by atoms with Crippen LogP contribution >= 0.6 is 11.6 Å². The van der Waals surface area contributed by atoms with E-state index in [0.29, 0.717) is 5.95 Å². The summed E-state index contributed by atoms with van der Waals surface area (Å²) in [4.78, 5) is 8.54. The van der Waals surface area contributed by atoms with Crippen molar-refractivity contribution in [2.45, 2.75) is 13.3 Å². The number of benzene rings is 1. The molecule has 0 aliphatic heterocycles. The van der Waals surface area contributed by atoms with Crippen LogP contribution in [0.5, 0.6) is 0 Å². The molecule has 0 radical (unpaired) electrons. The minimum absolute atomic E-state index is 0.625. The van der Waals surface area contributed by atoms with E-state index in [1.54, 1.807) is 0 Å². The van der Waals surface area contributed by atoms with Crippen molar-refractivity contribution in [3.05, 3.63) is 46.6 Å². The second kappa shape index (κ2) is 6.38. The molecule has 0 atom stereocenters. The van der Waals surface area contributed by atoms with E-state index in [1.165, 1.54) is 5.56 Å². The van der Waals surface area contributed by atoms with Crippen molar-refractivity contribution < 1.29 is 0 Å². The predicted molar refractivity (Wildman–Crippen MR) is 80.0 cm³/mol. The monoisotopic (exact) mass is 276 g/mol. The van der Waals surface area contributed by atoms with Gasteiger partial charge < -0.3 is 10.6 Å². The maximum Gasteiger partial charge on any atom is 0.224 e. The molecular weight excluding hydrogens is 260 g/mol. The summed E-state index contributed by atoms with van der Waals surface area (Å²) >= 11 is 5.86. The first kappa shape index (κ1) is 13.6. The highest BCUT2D eigenvalue weighted by Gasteiger charge is 2.02. The Morgan fingerprint density at radius 3 is 2.63 bits per heavy atom. The maximum atomic E-state index is 5.86. The van der Waals surface area contributed by atoms with E-state index in [4.69, 9.17) is 11.6 Å². The van der Waals surface area contributed by atoms with Gasteiger partial charge in [-0.25, -0.2) is 4.98 Å². The first-order chi connectivity index (χ1) is 9.19. The second-order valence-electron chi connectivity index (χ2n) is 4.28. The van der Waals surface area contributed by atoms with Gasteiger partial charge in [0.05, 0.1) is 0 Å². The first-order valence-electron chi connectivity index (χ1n) is 6.19. The third-order valence-electron chi connectivity index (χ3n) is 2.81. The van der Waals surface area contributed by atoms with Gasteiger partial charge in [0.2, 0.25) is 5.95 Å². The second-order valence-corrected chi connectivity index (χ2v) is 4.71. The zero-order valence-electron chi connectivity index (χ0n) is 11.1. The largest absolute Gasteiger partial charge is 0.369 e. The number of rotatable bonds is 5. The molecule has 0 saturated carbocycles. The van der Waals surface area contributed by atoms with Crippen molar-refractivity contribution in [3.63, 3.8) is 0 Å². The number of aromatic nitrogens is 2. The average Bonchev–Trinajstić information content (AvgIpc) is 2.43. The summed E-state index contributed by atoms with van der Waals surface area (Å²) in [5.74, 6) is 1.49. The van der Waals surface area contributed by atoms with Crippen molar-refractivity contribution in [3.8, 4) is 0 Å². The third kappa shape index (κ3) is 3.83. The first-order valence-corrected chi connectivity index (χ1v) is 6.56. The van der Waals surface area contributed by atoms with Gasteiger partial charge in [0.1, 0.15) is 5.82 Å². The fraction of sp³-hybridized carbons (Fsp3) is 0.286. The Bertz CT molecular complexity index is 540. The van der Waals surface area contributed by atoms with E-state index in [2.05, 4.69) is 20.6 Å². The highest BCUT2D eigenvalue weighted by Crippen LogP contribution is 2.13. The normalized spacial score (nSPS) is 10.3. The van der Waals surface area contributed by atoms with E-state index < -0.39 is 0 Å². The van der Waals surface area contributed by atoms with Crippen LogP contribution in [0.15, 0.2) is 30.5 Å². The van der Waals surface area contributed by atoms with Gasteiger partial charge in [-0.3, -0.25) is 0 Å². The summed E-state index contributed by atoms with van der Waals surface area (Å²) in [6.45, 7) is 2.81. The molecule has 0 amide bonds. The van der Waals surface area contributed by atoms with Crippen LogP contribution in [-0.2, 0) is 6.42 Å². The molecule has 1 heterocycles. The minimum atomic E-state index is 0.625. The third-order valence-corrected chi connectivity index (χ3v) is 3.07. The lowest BCUT2D eigenvalue weighted by Crippen LogP contribution is -2.09. The number of hydrogen-bond acceptors (Lipinski definition) is 4. The molecule has 0 unspecified atom stereocenters. The van der Waals surface area contributed by atoms with Gasteiger partial charge in [0, 0.05) is 30.4 Å². The zero-order valence-corrected chi connectivity index (χ0v) is 11.8. The lowest BCUT2D eigenvalue weighted by Gasteiger charge is -2.09. The SMILES string of the molecule is CNc1ncc(C)c(NCCc2ccc(Cl)cc2)n1. The fourth-order valence-corrected chi connectivity index (χ4v) is 1.84. The molecule has 0 aliphatic rings. The van der Waals surface area contributed by atoms with Crippen LogP contribution in [0.4, 0.5) is 11.8 Å². The van der Waals surface area contributed by atoms with E-state index in [0.717, 1.165) is 29.4 Å². The molecule has 0 aliphatic carbocycles. The molecule has 2 rings (SSSR count). The van der Waals surface area contributed by atoms with E-state index in [9.17, 15) is 0 Å². The van der Waals surface area contributed by atoms with Gasteiger partial charge in [0.25, 0.3) is 0 Å². The van der Waals surface area contributed by atoms with Crippen LogP contribution < -0.4 is 10.6 Å². The van der Waals surface area contributed by atoms with Gasteiger partial charge in [-0.2, -0.15) is 4.98 Å². The Labute approximate surface area is 118 Å². The number of halogens is 1. The summed E-state index contributed by atoms with van der Waals surface area (Å²) in [7, 11) is 1.81. The number of aryl methyl sites for hydroxylation is 1. The number of hydrogen-bond donors (Lipinski definition) is 2. The predicted octanol–water partition coefficient (Wildman–Crippen LogP) is 3.13. The maximum absolute atomic E-state index is 5.86. The molecule has 0 spiro atoms. The van der Waals surface area contributed by atoms with Gasteiger partial charge in [-0.05, 0) is 31.0 Å². The Hall–Kier alpha value is -1.81. The molecule has 1 aromatic heterocycles. The van der Waals surface area contributed by atoms with Crippen LogP contribution in [0.1, 0.15) is 11.1 Å². The Balaban J connectivity index is 1.93. The van der Waals surface area contributed by atoms with Gasteiger partial charge >= 0.3 is 0 Å². The lowest BCUT2D eigenvalue weighted by atomic mass is 10.1.